The molecule has 0 aliphatic heterocycles. The molecule has 8 nitrogen and oxygen atoms in total. The zero-order valence-electron chi connectivity index (χ0n) is 17.7. The lowest BCUT2D eigenvalue weighted by Gasteiger charge is -2.20. The van der Waals surface area contributed by atoms with E-state index in [1.807, 2.05) is 0 Å². The highest BCUT2D eigenvalue weighted by molar-refractivity contribution is 6.25. The molecule has 0 radical (unpaired) electrons. The molecule has 0 rings (SSSR count). The molecular weight excluding hydrogens is 278 g/mol. The number of amides is 1. The Hall–Kier alpha value is -2.05. The maximum absolute atomic E-state index is 12.2. The van der Waals surface area contributed by atoms with Crippen LogP contribution in [0.4, 0.5) is 0 Å². The molecule has 118 valence electrons. The van der Waals surface area contributed by atoms with E-state index in [1.165, 1.54) is 0 Å². The molecule has 0 heterocycles. The highest BCUT2D eigenvalue weighted by Crippen LogP contribution is 2.04. The standard InChI is InChI=1S/C13H21N3O5/c1-8(2)21-13(19)11(6-5-10(17)7-15-14)16-12(18)9(3)20-4/h7-9,11H,5-6H2,1-4H3,(H,16,18)/t9-,11-/m0/s1/i1D3,4D3/t8?,9-,11-. The van der Waals surface area contributed by atoms with Crippen LogP contribution in [0.5, 0.6) is 0 Å². The molecule has 21 heavy (non-hydrogen) atoms. The Balaban J connectivity index is 5.17. The SMILES string of the molecule is [2H]C([2H])([2H])O[C@@H](C)C(=O)N[C@@H](CCC(=O)C=[N+]=[N-])C(=O)OC(C)C([2H])([2H])[2H]. The minimum atomic E-state index is -2.85. The normalized spacial score (nSPS) is 19.7. The van der Waals surface area contributed by atoms with Gasteiger partial charge in [-0.15, -0.1) is 0 Å². The van der Waals surface area contributed by atoms with Crippen LogP contribution in [0.3, 0.4) is 0 Å². The topological polar surface area (TPSA) is 118 Å². The number of carbonyl (C=O) groups is 3. The van der Waals surface area contributed by atoms with Crippen molar-refractivity contribution < 1.29 is 36.9 Å². The molecule has 1 amide bonds. The lowest BCUT2D eigenvalue weighted by atomic mass is 10.1. The van der Waals surface area contributed by atoms with Crippen molar-refractivity contribution in [2.75, 3.05) is 7.04 Å². The summed E-state index contributed by atoms with van der Waals surface area (Å²) in [6.45, 7) is -0.326. The highest BCUT2D eigenvalue weighted by atomic mass is 16.5. The Morgan fingerprint density at radius 3 is 2.71 bits per heavy atom. The van der Waals surface area contributed by atoms with Gasteiger partial charge in [0.2, 0.25) is 11.7 Å². The molecule has 0 aliphatic rings. The Morgan fingerprint density at radius 1 is 1.43 bits per heavy atom. The first kappa shape index (κ1) is 10.6. The van der Waals surface area contributed by atoms with Crippen LogP contribution in [0.15, 0.2) is 0 Å². The fraction of sp³-hybridized carbons (Fsp3) is 0.692. The fourth-order valence-corrected chi connectivity index (χ4v) is 1.26. The molecule has 0 aromatic heterocycles. The van der Waals surface area contributed by atoms with Crippen molar-refractivity contribution >= 4 is 23.9 Å². The summed E-state index contributed by atoms with van der Waals surface area (Å²) in [6, 6.07) is -1.44. The third-order valence-corrected chi connectivity index (χ3v) is 2.32. The van der Waals surface area contributed by atoms with E-state index in [2.05, 4.69) is 14.8 Å². The number of ether oxygens (including phenoxy) is 2. The molecule has 0 bridgehead atoms. The predicted molar refractivity (Wildman–Crippen MR) is 73.6 cm³/mol. The van der Waals surface area contributed by atoms with Crippen LogP contribution < -0.4 is 5.32 Å². The van der Waals surface area contributed by atoms with E-state index in [9.17, 15) is 14.4 Å². The largest absolute Gasteiger partial charge is 0.461 e. The minimum Gasteiger partial charge on any atom is -0.461 e. The molecule has 1 unspecified atom stereocenters. The van der Waals surface area contributed by atoms with Crippen LogP contribution in [0.1, 0.15) is 41.8 Å². The van der Waals surface area contributed by atoms with Crippen LogP contribution in [0.2, 0.25) is 0 Å². The predicted octanol–water partition coefficient (Wildman–Crippen LogP) is 0.108. The Labute approximate surface area is 131 Å². The van der Waals surface area contributed by atoms with E-state index in [0.717, 1.165) is 13.8 Å². The second kappa shape index (κ2) is 9.79. The summed E-state index contributed by atoms with van der Waals surface area (Å²) >= 11 is 0. The zero-order chi connectivity index (χ0) is 21.4. The second-order valence-electron chi connectivity index (χ2n) is 4.15. The van der Waals surface area contributed by atoms with Crippen LogP contribution in [-0.2, 0) is 23.9 Å². The molecule has 0 saturated heterocycles. The second-order valence-corrected chi connectivity index (χ2v) is 4.15. The molecule has 0 saturated carbocycles. The van der Waals surface area contributed by atoms with Gasteiger partial charge in [0.05, 0.1) is 10.2 Å². The van der Waals surface area contributed by atoms with E-state index in [4.69, 9.17) is 18.5 Å². The summed E-state index contributed by atoms with van der Waals surface area (Å²) in [5, 5.41) is 2.16. The first-order valence-corrected chi connectivity index (χ1v) is 6.06. The number of rotatable bonds is 9. The number of ketones is 1. The summed E-state index contributed by atoms with van der Waals surface area (Å²) in [6.07, 6.45) is -2.97. The Kier molecular flexibility index (Phi) is 4.96. The van der Waals surface area contributed by atoms with Crippen LogP contribution in [-0.4, -0.2) is 54.0 Å². The van der Waals surface area contributed by atoms with Gasteiger partial charge in [-0.05, 0) is 27.1 Å². The molecule has 8 heteroatoms. The van der Waals surface area contributed by atoms with Crippen molar-refractivity contribution in [3.63, 3.8) is 0 Å². The number of Topliss-reactive ketones (excluding diaryl/α,β-unsaturated/α-hetero) is 1. The maximum atomic E-state index is 12.2. The van der Waals surface area contributed by atoms with E-state index in [1.54, 1.807) is 0 Å². The molecule has 0 aromatic carbocycles. The summed E-state index contributed by atoms with van der Waals surface area (Å²) in [7, 11) is -2.85. The number of nitrogens with zero attached hydrogens (tertiary/aromatic N) is 2. The van der Waals surface area contributed by atoms with Crippen molar-refractivity contribution in [3.8, 4) is 0 Å². The Bertz CT molecular complexity index is 600. The number of hydrogen-bond acceptors (Lipinski definition) is 5. The molecule has 0 spiro atoms. The lowest BCUT2D eigenvalue weighted by molar-refractivity contribution is -0.152. The van der Waals surface area contributed by atoms with Crippen molar-refractivity contribution in [2.45, 2.75) is 51.8 Å². The average molecular weight is 305 g/mol. The van der Waals surface area contributed by atoms with Gasteiger partial charge in [-0.2, -0.15) is 4.79 Å². The van der Waals surface area contributed by atoms with E-state index in [-0.39, 0.29) is 12.8 Å². The first-order chi connectivity index (χ1) is 12.2. The van der Waals surface area contributed by atoms with E-state index in [0.29, 0.717) is 6.21 Å². The van der Waals surface area contributed by atoms with Crippen LogP contribution >= 0.6 is 0 Å². The van der Waals surface area contributed by atoms with Gasteiger partial charge in [0.1, 0.15) is 12.1 Å². The smallest absolute Gasteiger partial charge is 0.328 e. The van der Waals surface area contributed by atoms with Crippen molar-refractivity contribution in [1.82, 2.24) is 5.32 Å². The summed E-state index contributed by atoms with van der Waals surface area (Å²) < 4.78 is 51.8. The third kappa shape index (κ3) is 7.96. The highest BCUT2D eigenvalue weighted by Gasteiger charge is 2.26. The van der Waals surface area contributed by atoms with Gasteiger partial charge in [-0.25, -0.2) is 4.79 Å². The first-order valence-electron chi connectivity index (χ1n) is 9.06. The average Bonchev–Trinajstić information content (AvgIpc) is 2.48. The monoisotopic (exact) mass is 305 g/mol. The summed E-state index contributed by atoms with van der Waals surface area (Å²) in [4.78, 5) is 38.1. The van der Waals surface area contributed by atoms with Crippen LogP contribution in [0.25, 0.3) is 5.53 Å². The van der Waals surface area contributed by atoms with Gasteiger partial charge in [-0.3, -0.25) is 9.59 Å². The van der Waals surface area contributed by atoms with E-state index >= 15 is 0 Å². The number of hydrogen-bond donors (Lipinski definition) is 1. The Morgan fingerprint density at radius 2 is 2.14 bits per heavy atom. The molecular formula is C13H21N3O5. The molecule has 0 aliphatic carbocycles. The lowest BCUT2D eigenvalue weighted by Crippen LogP contribution is -2.46. The van der Waals surface area contributed by atoms with Gasteiger partial charge in [0.25, 0.3) is 0 Å². The molecule has 0 aromatic rings. The maximum Gasteiger partial charge on any atom is 0.328 e. The van der Waals surface area contributed by atoms with Gasteiger partial charge >= 0.3 is 12.2 Å². The third-order valence-electron chi connectivity index (χ3n) is 2.32. The quantitative estimate of drug-likeness (QED) is 0.281. The summed E-state index contributed by atoms with van der Waals surface area (Å²) in [5.74, 6) is -2.76. The summed E-state index contributed by atoms with van der Waals surface area (Å²) in [5.41, 5.74) is 8.30. The van der Waals surface area contributed by atoms with Crippen molar-refractivity contribution in [3.05, 3.63) is 5.53 Å². The number of nitrogens with one attached hydrogen (secondary N) is 1. The molecule has 0 fully saturated rings. The van der Waals surface area contributed by atoms with Gasteiger partial charge < -0.3 is 20.3 Å². The number of carbonyl (C=O) groups excluding carboxylic acids is 3. The van der Waals surface area contributed by atoms with Crippen molar-refractivity contribution in [1.29, 1.82) is 0 Å². The van der Waals surface area contributed by atoms with Gasteiger partial charge in [0.15, 0.2) is 0 Å². The number of methoxy groups -OCH3 is 1. The number of esters is 1. The molecule has 1 N–H and O–H groups in total. The van der Waals surface area contributed by atoms with Crippen molar-refractivity contribution in [2.24, 2.45) is 0 Å². The van der Waals surface area contributed by atoms with Gasteiger partial charge in [0, 0.05) is 17.6 Å². The van der Waals surface area contributed by atoms with E-state index < -0.39 is 49.8 Å². The fourth-order valence-electron chi connectivity index (χ4n) is 1.26. The van der Waals surface area contributed by atoms with Crippen LogP contribution in [0, 0.1) is 0 Å². The minimum absolute atomic E-state index is 0.302. The zero-order valence-corrected chi connectivity index (χ0v) is 11.7. The van der Waals surface area contributed by atoms with Gasteiger partial charge in [-0.1, -0.05) is 0 Å². The molecule has 3 atom stereocenters.